The van der Waals surface area contributed by atoms with Crippen molar-refractivity contribution in [1.29, 1.82) is 0 Å². The van der Waals surface area contributed by atoms with Crippen LogP contribution in [0.1, 0.15) is 55.6 Å². The number of likely N-dealkylation sites (tertiary alicyclic amines) is 1. The maximum Gasteiger partial charge on any atom is 0.241 e. The van der Waals surface area contributed by atoms with Crippen LogP contribution in [0.15, 0.2) is 48.7 Å². The molecule has 1 aromatic carbocycles. The first-order valence-corrected chi connectivity index (χ1v) is 11.7. The molecule has 1 aliphatic rings. The lowest BCUT2D eigenvalue weighted by Crippen LogP contribution is -2.41. The molecule has 3 heterocycles. The number of para-hydroxylation sites is 1. The summed E-state index contributed by atoms with van der Waals surface area (Å²) in [4.78, 5) is 28.3. The third-order valence-corrected chi connectivity index (χ3v) is 6.13. The highest BCUT2D eigenvalue weighted by Gasteiger charge is 2.26. The molecule has 7 nitrogen and oxygen atoms in total. The fraction of sp³-hybridized carbons (Fsp3) is 0.385. The Morgan fingerprint density at radius 2 is 1.88 bits per heavy atom. The van der Waals surface area contributed by atoms with Crippen LogP contribution in [-0.4, -0.2) is 45.4 Å². The maximum absolute atomic E-state index is 13.2. The van der Waals surface area contributed by atoms with Crippen LogP contribution in [0, 0.1) is 12.7 Å². The van der Waals surface area contributed by atoms with E-state index in [-0.39, 0.29) is 30.1 Å². The van der Waals surface area contributed by atoms with Crippen molar-refractivity contribution in [2.75, 3.05) is 30.3 Å². The zero-order valence-corrected chi connectivity index (χ0v) is 19.9. The van der Waals surface area contributed by atoms with Crippen molar-refractivity contribution in [2.45, 2.75) is 45.4 Å². The highest BCUT2D eigenvalue weighted by atomic mass is 19.1. The van der Waals surface area contributed by atoms with E-state index in [1.54, 1.807) is 6.07 Å². The van der Waals surface area contributed by atoms with Crippen molar-refractivity contribution in [3.63, 3.8) is 0 Å². The van der Waals surface area contributed by atoms with E-state index >= 15 is 0 Å². The van der Waals surface area contributed by atoms with Gasteiger partial charge in [-0.25, -0.2) is 19.3 Å². The first-order chi connectivity index (χ1) is 16.4. The Morgan fingerprint density at radius 3 is 2.56 bits per heavy atom. The number of nitrogens with zero attached hydrogens (tertiary/aromatic N) is 4. The van der Waals surface area contributed by atoms with Gasteiger partial charge in [-0.15, -0.1) is 0 Å². The summed E-state index contributed by atoms with van der Waals surface area (Å²) < 4.78 is 13.2. The number of aryl methyl sites for hydroxylation is 1. The van der Waals surface area contributed by atoms with E-state index in [1.807, 2.05) is 42.2 Å². The van der Waals surface area contributed by atoms with Crippen molar-refractivity contribution in [3.8, 4) is 0 Å². The largest absolute Gasteiger partial charge is 0.376 e. The Kier molecular flexibility index (Phi) is 7.35. The first-order valence-electron chi connectivity index (χ1n) is 11.7. The summed E-state index contributed by atoms with van der Waals surface area (Å²) in [6.07, 6.45) is 2.80. The van der Waals surface area contributed by atoms with E-state index in [2.05, 4.69) is 29.5 Å². The second kappa shape index (κ2) is 10.6. The third kappa shape index (κ3) is 5.87. The number of anilines is 3. The van der Waals surface area contributed by atoms with Crippen LogP contribution in [0.3, 0.4) is 0 Å². The Labute approximate surface area is 199 Å². The number of hydrogen-bond donors (Lipinski definition) is 2. The molecule has 4 rings (SSSR count). The lowest BCUT2D eigenvalue weighted by molar-refractivity contribution is -0.130. The van der Waals surface area contributed by atoms with Gasteiger partial charge >= 0.3 is 0 Å². The molecule has 1 fully saturated rings. The number of halogens is 1. The molecular weight excluding hydrogens is 431 g/mol. The number of aromatic nitrogens is 3. The number of carbonyl (C=O) groups is 1. The molecule has 34 heavy (non-hydrogen) atoms. The topological polar surface area (TPSA) is 83.0 Å². The Morgan fingerprint density at radius 1 is 1.12 bits per heavy atom. The number of benzene rings is 1. The van der Waals surface area contributed by atoms with Crippen LogP contribution in [0.2, 0.25) is 0 Å². The SMILES string of the molecule is Cc1ccccc1NCC(=O)N1CCC(c2nc(Nc3ccc(F)cn3)cc(C(C)C)n2)CC1. The molecular formula is C26H31FN6O. The van der Waals surface area contributed by atoms with Crippen LogP contribution >= 0.6 is 0 Å². The monoisotopic (exact) mass is 462 g/mol. The standard InChI is InChI=1S/C26H31FN6O/c1-17(2)22-14-24(31-23-9-8-20(27)15-29-23)32-26(30-22)19-10-12-33(13-11-19)25(34)16-28-21-7-5-4-6-18(21)3/h4-9,14-15,17,19,28H,10-13,16H2,1-3H3,(H,29,30,31,32). The number of hydrogen-bond acceptors (Lipinski definition) is 6. The Bertz CT molecular complexity index is 1130. The molecule has 0 unspecified atom stereocenters. The number of rotatable bonds is 7. The van der Waals surface area contributed by atoms with Crippen molar-refractivity contribution in [2.24, 2.45) is 0 Å². The number of amides is 1. The van der Waals surface area contributed by atoms with Crippen LogP contribution in [0.25, 0.3) is 0 Å². The zero-order valence-electron chi connectivity index (χ0n) is 19.9. The van der Waals surface area contributed by atoms with Gasteiger partial charge in [0.1, 0.15) is 23.3 Å². The lowest BCUT2D eigenvalue weighted by atomic mass is 9.95. The lowest BCUT2D eigenvalue weighted by Gasteiger charge is -2.32. The van der Waals surface area contributed by atoms with Crippen LogP contribution < -0.4 is 10.6 Å². The highest BCUT2D eigenvalue weighted by Crippen LogP contribution is 2.29. The molecule has 1 saturated heterocycles. The van der Waals surface area contributed by atoms with Gasteiger partial charge in [0.2, 0.25) is 5.91 Å². The van der Waals surface area contributed by atoms with Crippen molar-refractivity contribution < 1.29 is 9.18 Å². The van der Waals surface area contributed by atoms with Crippen molar-refractivity contribution in [3.05, 3.63) is 71.6 Å². The van der Waals surface area contributed by atoms with Gasteiger partial charge in [-0.2, -0.15) is 0 Å². The van der Waals surface area contributed by atoms with Gasteiger partial charge in [-0.3, -0.25) is 4.79 Å². The van der Waals surface area contributed by atoms with Gasteiger partial charge in [0.05, 0.1) is 12.7 Å². The van der Waals surface area contributed by atoms with E-state index in [0.717, 1.165) is 35.6 Å². The molecule has 0 radical (unpaired) electrons. The summed E-state index contributed by atoms with van der Waals surface area (Å²) in [5, 5.41) is 6.42. The predicted octanol–water partition coefficient (Wildman–Crippen LogP) is 5.00. The van der Waals surface area contributed by atoms with E-state index in [0.29, 0.717) is 24.7 Å². The third-order valence-electron chi connectivity index (χ3n) is 6.13. The van der Waals surface area contributed by atoms with Gasteiger partial charge in [0.15, 0.2) is 0 Å². The number of pyridine rings is 1. The van der Waals surface area contributed by atoms with Crippen LogP contribution in [0.5, 0.6) is 0 Å². The van der Waals surface area contributed by atoms with Gasteiger partial charge in [0, 0.05) is 36.5 Å². The number of piperidine rings is 1. The summed E-state index contributed by atoms with van der Waals surface area (Å²) in [5.41, 5.74) is 3.05. The molecule has 2 N–H and O–H groups in total. The molecule has 0 saturated carbocycles. The first kappa shape index (κ1) is 23.6. The summed E-state index contributed by atoms with van der Waals surface area (Å²) in [6, 6.07) is 12.8. The quantitative estimate of drug-likeness (QED) is 0.514. The summed E-state index contributed by atoms with van der Waals surface area (Å²) >= 11 is 0. The van der Waals surface area contributed by atoms with E-state index < -0.39 is 0 Å². The molecule has 2 aromatic heterocycles. The fourth-order valence-electron chi connectivity index (χ4n) is 4.05. The van der Waals surface area contributed by atoms with E-state index in [4.69, 9.17) is 9.97 Å². The van der Waals surface area contributed by atoms with E-state index in [1.165, 1.54) is 12.3 Å². The Balaban J connectivity index is 1.39. The highest BCUT2D eigenvalue weighted by molar-refractivity contribution is 5.81. The average molecular weight is 463 g/mol. The summed E-state index contributed by atoms with van der Waals surface area (Å²) in [5.74, 6) is 2.08. The zero-order chi connectivity index (χ0) is 24.1. The second-order valence-corrected chi connectivity index (χ2v) is 9.00. The molecule has 178 valence electrons. The number of carbonyl (C=O) groups excluding carboxylic acids is 1. The van der Waals surface area contributed by atoms with Gasteiger partial charge in [0.25, 0.3) is 0 Å². The minimum atomic E-state index is -0.382. The van der Waals surface area contributed by atoms with Gasteiger partial charge in [-0.1, -0.05) is 32.0 Å². The predicted molar refractivity (Wildman–Crippen MR) is 132 cm³/mol. The average Bonchev–Trinajstić information content (AvgIpc) is 2.84. The maximum atomic E-state index is 13.2. The molecule has 0 spiro atoms. The second-order valence-electron chi connectivity index (χ2n) is 9.00. The smallest absolute Gasteiger partial charge is 0.241 e. The fourth-order valence-corrected chi connectivity index (χ4v) is 4.05. The molecule has 0 atom stereocenters. The molecule has 1 aliphatic heterocycles. The van der Waals surface area contributed by atoms with Gasteiger partial charge < -0.3 is 15.5 Å². The summed E-state index contributed by atoms with van der Waals surface area (Å²) in [7, 11) is 0. The van der Waals surface area contributed by atoms with Gasteiger partial charge in [-0.05, 0) is 49.4 Å². The minimum absolute atomic E-state index is 0.100. The summed E-state index contributed by atoms with van der Waals surface area (Å²) in [6.45, 7) is 7.85. The molecule has 0 bridgehead atoms. The molecule has 0 aliphatic carbocycles. The van der Waals surface area contributed by atoms with Crippen molar-refractivity contribution in [1.82, 2.24) is 19.9 Å². The van der Waals surface area contributed by atoms with Crippen LogP contribution in [0.4, 0.5) is 21.7 Å². The molecule has 8 heteroatoms. The van der Waals surface area contributed by atoms with Crippen molar-refractivity contribution >= 4 is 23.2 Å². The molecule has 1 amide bonds. The Hall–Kier alpha value is -3.55. The normalized spacial score (nSPS) is 14.3. The van der Waals surface area contributed by atoms with Crippen LogP contribution in [-0.2, 0) is 4.79 Å². The minimum Gasteiger partial charge on any atom is -0.376 e. The molecule has 3 aromatic rings. The van der Waals surface area contributed by atoms with E-state index in [9.17, 15) is 9.18 Å². The number of nitrogens with one attached hydrogen (secondary N) is 2.